The molecule has 1 aromatic rings. The van der Waals surface area contributed by atoms with Gasteiger partial charge >= 0.3 is 0 Å². The van der Waals surface area contributed by atoms with E-state index in [-0.39, 0.29) is 6.10 Å². The first-order valence-electron chi connectivity index (χ1n) is 5.46. The lowest BCUT2D eigenvalue weighted by atomic mass is 10.1. The number of nitrogens with two attached hydrogens (primary N) is 1. The molecule has 3 nitrogen and oxygen atoms in total. The molecule has 0 unspecified atom stereocenters. The topological polar surface area (TPSA) is 49.5 Å². The predicted molar refractivity (Wildman–Crippen MR) is 63.0 cm³/mol. The molecule has 0 atom stereocenters. The van der Waals surface area contributed by atoms with Crippen LogP contribution in [0.2, 0.25) is 0 Å². The fraction of sp³-hybridized carbons (Fsp3) is 0.500. The minimum atomic E-state index is -0.132. The second-order valence-corrected chi connectivity index (χ2v) is 4.28. The van der Waals surface area contributed by atoms with Crippen LogP contribution >= 0.6 is 0 Å². The lowest BCUT2D eigenvalue weighted by molar-refractivity contribution is 0.145. The van der Waals surface area contributed by atoms with Crippen molar-refractivity contribution in [2.75, 3.05) is 23.7 Å². The maximum absolute atomic E-state index is 9.44. The van der Waals surface area contributed by atoms with E-state index in [0.717, 1.165) is 37.3 Å². The first-order valence-corrected chi connectivity index (χ1v) is 5.46. The zero-order valence-electron chi connectivity index (χ0n) is 9.11. The Labute approximate surface area is 90.5 Å². The van der Waals surface area contributed by atoms with Crippen molar-refractivity contribution in [3.8, 4) is 0 Å². The van der Waals surface area contributed by atoms with Crippen molar-refractivity contribution in [1.82, 2.24) is 0 Å². The maximum atomic E-state index is 9.44. The van der Waals surface area contributed by atoms with E-state index in [1.54, 1.807) is 0 Å². The summed E-state index contributed by atoms with van der Waals surface area (Å²) < 4.78 is 0. The normalized spacial score (nSPS) is 18.1. The molecular formula is C12H18N2O. The molecule has 1 heterocycles. The van der Waals surface area contributed by atoms with Crippen LogP contribution in [0.4, 0.5) is 11.4 Å². The quantitative estimate of drug-likeness (QED) is 0.685. The van der Waals surface area contributed by atoms with Crippen LogP contribution in [0.1, 0.15) is 18.4 Å². The summed E-state index contributed by atoms with van der Waals surface area (Å²) in [4.78, 5) is 2.26. The minimum absolute atomic E-state index is 0.132. The van der Waals surface area contributed by atoms with E-state index in [0.29, 0.717) is 0 Å². The molecule has 0 aromatic heterocycles. The molecule has 0 spiro atoms. The van der Waals surface area contributed by atoms with E-state index >= 15 is 0 Å². The monoisotopic (exact) mass is 206 g/mol. The van der Waals surface area contributed by atoms with Gasteiger partial charge in [-0.2, -0.15) is 0 Å². The third kappa shape index (κ3) is 2.23. The van der Waals surface area contributed by atoms with Gasteiger partial charge in [-0.25, -0.2) is 0 Å². The summed E-state index contributed by atoms with van der Waals surface area (Å²) in [5.41, 5.74) is 9.12. The van der Waals surface area contributed by atoms with E-state index in [1.165, 1.54) is 5.56 Å². The number of hydrogen-bond acceptors (Lipinski definition) is 3. The molecular weight excluding hydrogens is 188 g/mol. The number of aliphatic hydroxyl groups excluding tert-OH is 1. The molecule has 82 valence electrons. The van der Waals surface area contributed by atoms with E-state index < -0.39 is 0 Å². The highest BCUT2D eigenvalue weighted by Crippen LogP contribution is 2.27. The molecule has 15 heavy (non-hydrogen) atoms. The van der Waals surface area contributed by atoms with Crippen molar-refractivity contribution in [1.29, 1.82) is 0 Å². The van der Waals surface area contributed by atoms with Crippen LogP contribution in [0.3, 0.4) is 0 Å². The second-order valence-electron chi connectivity index (χ2n) is 4.28. The average Bonchev–Trinajstić information content (AvgIpc) is 2.23. The number of benzene rings is 1. The lowest BCUT2D eigenvalue weighted by Gasteiger charge is -2.32. The number of nitrogens with zero attached hydrogens (tertiary/aromatic N) is 1. The molecule has 1 fully saturated rings. The van der Waals surface area contributed by atoms with Crippen molar-refractivity contribution < 1.29 is 5.11 Å². The van der Waals surface area contributed by atoms with Gasteiger partial charge in [-0.05, 0) is 37.5 Å². The van der Waals surface area contributed by atoms with Gasteiger partial charge in [-0.3, -0.25) is 0 Å². The number of aliphatic hydroxyl groups is 1. The Balaban J connectivity index is 2.18. The van der Waals surface area contributed by atoms with Gasteiger partial charge < -0.3 is 15.7 Å². The van der Waals surface area contributed by atoms with Gasteiger partial charge in [0, 0.05) is 13.1 Å². The largest absolute Gasteiger partial charge is 0.397 e. The van der Waals surface area contributed by atoms with Crippen LogP contribution in [-0.4, -0.2) is 24.3 Å². The Morgan fingerprint density at radius 1 is 1.33 bits per heavy atom. The summed E-state index contributed by atoms with van der Waals surface area (Å²) in [6.45, 7) is 3.87. The van der Waals surface area contributed by atoms with Crippen LogP contribution < -0.4 is 10.6 Å². The van der Waals surface area contributed by atoms with Gasteiger partial charge in [-0.1, -0.05) is 6.07 Å². The summed E-state index contributed by atoms with van der Waals surface area (Å²) in [6.07, 6.45) is 1.55. The van der Waals surface area contributed by atoms with Crippen molar-refractivity contribution in [3.05, 3.63) is 23.8 Å². The van der Waals surface area contributed by atoms with E-state index in [1.807, 2.05) is 12.1 Å². The molecule has 0 amide bonds. The van der Waals surface area contributed by atoms with Crippen LogP contribution in [0.25, 0.3) is 0 Å². The third-order valence-electron chi connectivity index (χ3n) is 2.99. The van der Waals surface area contributed by atoms with Crippen molar-refractivity contribution in [2.45, 2.75) is 25.9 Å². The molecule has 1 aliphatic heterocycles. The lowest BCUT2D eigenvalue weighted by Crippen LogP contribution is -2.36. The first-order chi connectivity index (χ1) is 7.16. The standard InChI is InChI=1S/C12H18N2O/c1-9-2-3-11(13)12(8-9)14-6-4-10(15)5-7-14/h2-3,8,10,15H,4-7,13H2,1H3. The number of anilines is 2. The molecule has 0 saturated carbocycles. The highest BCUT2D eigenvalue weighted by Gasteiger charge is 2.18. The Morgan fingerprint density at radius 3 is 2.67 bits per heavy atom. The summed E-state index contributed by atoms with van der Waals surface area (Å²) in [7, 11) is 0. The summed E-state index contributed by atoms with van der Waals surface area (Å²) >= 11 is 0. The van der Waals surface area contributed by atoms with Crippen LogP contribution in [0, 0.1) is 6.92 Å². The molecule has 3 heteroatoms. The molecule has 0 radical (unpaired) electrons. The van der Waals surface area contributed by atoms with Gasteiger partial charge in [-0.15, -0.1) is 0 Å². The number of hydrogen-bond donors (Lipinski definition) is 2. The average molecular weight is 206 g/mol. The van der Waals surface area contributed by atoms with Gasteiger partial charge in [0.1, 0.15) is 0 Å². The molecule has 2 rings (SSSR count). The number of piperidine rings is 1. The zero-order valence-corrected chi connectivity index (χ0v) is 9.11. The van der Waals surface area contributed by atoms with Crippen LogP contribution in [0.5, 0.6) is 0 Å². The van der Waals surface area contributed by atoms with E-state index in [4.69, 9.17) is 5.73 Å². The van der Waals surface area contributed by atoms with Gasteiger partial charge in [0.25, 0.3) is 0 Å². The highest BCUT2D eigenvalue weighted by atomic mass is 16.3. The van der Waals surface area contributed by atoms with E-state index in [2.05, 4.69) is 17.9 Å². The zero-order chi connectivity index (χ0) is 10.8. The van der Waals surface area contributed by atoms with Gasteiger partial charge in [0.15, 0.2) is 0 Å². The Kier molecular flexibility index (Phi) is 2.82. The molecule has 1 aliphatic rings. The van der Waals surface area contributed by atoms with Crippen LogP contribution in [0.15, 0.2) is 18.2 Å². The molecule has 1 saturated heterocycles. The highest BCUT2D eigenvalue weighted by molar-refractivity contribution is 5.68. The van der Waals surface area contributed by atoms with Crippen molar-refractivity contribution in [2.24, 2.45) is 0 Å². The van der Waals surface area contributed by atoms with Crippen LogP contribution in [-0.2, 0) is 0 Å². The molecule has 0 bridgehead atoms. The first kappa shape index (κ1) is 10.3. The van der Waals surface area contributed by atoms with Gasteiger partial charge in [0.05, 0.1) is 17.5 Å². The molecule has 0 aliphatic carbocycles. The second kappa shape index (κ2) is 4.11. The predicted octanol–water partition coefficient (Wildman–Crippen LogP) is 1.54. The Bertz CT molecular complexity index is 343. The van der Waals surface area contributed by atoms with Crippen molar-refractivity contribution in [3.63, 3.8) is 0 Å². The van der Waals surface area contributed by atoms with E-state index in [9.17, 15) is 5.11 Å². The smallest absolute Gasteiger partial charge is 0.0602 e. The number of nitrogen functional groups attached to an aromatic ring is 1. The van der Waals surface area contributed by atoms with Crippen molar-refractivity contribution >= 4 is 11.4 Å². The maximum Gasteiger partial charge on any atom is 0.0602 e. The Morgan fingerprint density at radius 2 is 2.00 bits per heavy atom. The molecule has 3 N–H and O–H groups in total. The summed E-state index contributed by atoms with van der Waals surface area (Å²) in [6, 6.07) is 6.10. The molecule has 1 aromatic carbocycles. The minimum Gasteiger partial charge on any atom is -0.397 e. The summed E-state index contributed by atoms with van der Waals surface area (Å²) in [5.74, 6) is 0. The fourth-order valence-corrected chi connectivity index (χ4v) is 2.03. The summed E-state index contributed by atoms with van der Waals surface area (Å²) in [5, 5.41) is 9.44. The third-order valence-corrected chi connectivity index (χ3v) is 2.99. The SMILES string of the molecule is Cc1ccc(N)c(N2CCC(O)CC2)c1. The number of rotatable bonds is 1. The Hall–Kier alpha value is -1.22. The fourth-order valence-electron chi connectivity index (χ4n) is 2.03. The van der Waals surface area contributed by atoms with Gasteiger partial charge in [0.2, 0.25) is 0 Å². The number of aryl methyl sites for hydroxylation is 1.